The van der Waals surface area contributed by atoms with Gasteiger partial charge in [0.15, 0.2) is 0 Å². The summed E-state index contributed by atoms with van der Waals surface area (Å²) in [5.74, 6) is 1.05. The molecule has 1 atom stereocenters. The van der Waals surface area contributed by atoms with Crippen molar-refractivity contribution in [1.29, 1.82) is 0 Å². The molecule has 3 nitrogen and oxygen atoms in total. The lowest BCUT2D eigenvalue weighted by Crippen LogP contribution is -2.07. The van der Waals surface area contributed by atoms with Gasteiger partial charge < -0.3 is 5.11 Å². The lowest BCUT2D eigenvalue weighted by atomic mass is 10.1. The number of rotatable bonds is 3. The van der Waals surface area contributed by atoms with Crippen LogP contribution in [0.15, 0.2) is 18.5 Å². The Morgan fingerprint density at radius 3 is 2.00 bits per heavy atom. The fourth-order valence-electron chi connectivity index (χ4n) is 0.812. The molecule has 0 bridgehead atoms. The van der Waals surface area contributed by atoms with Crippen LogP contribution in [0.5, 0.6) is 0 Å². The van der Waals surface area contributed by atoms with Crippen molar-refractivity contribution in [3.05, 3.63) is 24.3 Å². The van der Waals surface area contributed by atoms with Crippen LogP contribution >= 0.6 is 0 Å². The molecule has 0 spiro atoms. The van der Waals surface area contributed by atoms with E-state index in [2.05, 4.69) is 9.97 Å². The molecule has 3 heteroatoms. The van der Waals surface area contributed by atoms with Crippen molar-refractivity contribution < 1.29 is 5.11 Å². The summed E-state index contributed by atoms with van der Waals surface area (Å²) >= 11 is 0. The van der Waals surface area contributed by atoms with Crippen molar-refractivity contribution in [2.75, 3.05) is 6.61 Å². The summed E-state index contributed by atoms with van der Waals surface area (Å²) in [5.41, 5.74) is 0. The molecule has 1 aromatic rings. The van der Waals surface area contributed by atoms with Crippen molar-refractivity contribution in [2.24, 2.45) is 5.92 Å². The minimum Gasteiger partial charge on any atom is -0.396 e. The molecule has 0 aliphatic carbocycles. The van der Waals surface area contributed by atoms with E-state index in [-0.39, 0.29) is 12.5 Å². The summed E-state index contributed by atoms with van der Waals surface area (Å²) in [6.07, 6.45) is 4.18. The Balaban J connectivity index is 0. The minimum absolute atomic E-state index is 0.193. The normalized spacial score (nSPS) is 10.3. The third kappa shape index (κ3) is 9.35. The molecule has 1 unspecified atom stereocenters. The first kappa shape index (κ1) is 16.5. The maximum absolute atomic E-state index is 8.74. The SMILES string of the molecule is CC.CC.CC(CO)Cc1ncccn1. The van der Waals surface area contributed by atoms with Gasteiger partial charge in [-0.2, -0.15) is 0 Å². The predicted molar refractivity (Wildman–Crippen MR) is 64.7 cm³/mol. The lowest BCUT2D eigenvalue weighted by Gasteiger charge is -2.04. The molecule has 0 aliphatic rings. The van der Waals surface area contributed by atoms with E-state index in [1.165, 1.54) is 0 Å². The first-order chi connectivity index (χ1) is 7.33. The molecule has 0 radical (unpaired) electrons. The van der Waals surface area contributed by atoms with Crippen LogP contribution in [0.2, 0.25) is 0 Å². The summed E-state index contributed by atoms with van der Waals surface area (Å²) < 4.78 is 0. The van der Waals surface area contributed by atoms with Gasteiger partial charge in [0.05, 0.1) is 0 Å². The van der Waals surface area contributed by atoms with Gasteiger partial charge in [0, 0.05) is 25.4 Å². The Labute approximate surface area is 93.6 Å². The highest BCUT2D eigenvalue weighted by molar-refractivity contribution is 4.89. The molecule has 15 heavy (non-hydrogen) atoms. The van der Waals surface area contributed by atoms with Crippen LogP contribution in [-0.2, 0) is 6.42 Å². The van der Waals surface area contributed by atoms with Crippen molar-refractivity contribution in [1.82, 2.24) is 9.97 Å². The van der Waals surface area contributed by atoms with Gasteiger partial charge in [0.25, 0.3) is 0 Å². The average Bonchev–Trinajstić information content (AvgIpc) is 2.35. The Morgan fingerprint density at radius 2 is 1.60 bits per heavy atom. The van der Waals surface area contributed by atoms with E-state index >= 15 is 0 Å². The average molecular weight is 212 g/mol. The maximum atomic E-state index is 8.74. The Bertz CT molecular complexity index is 202. The number of hydrogen-bond donors (Lipinski definition) is 1. The Kier molecular flexibility index (Phi) is 14.3. The molecule has 1 N–H and O–H groups in total. The van der Waals surface area contributed by atoms with Crippen LogP contribution in [0, 0.1) is 5.92 Å². The summed E-state index contributed by atoms with van der Waals surface area (Å²) in [6, 6.07) is 1.78. The van der Waals surface area contributed by atoms with Gasteiger partial charge in [0.1, 0.15) is 5.82 Å². The molecule has 1 aromatic heterocycles. The fraction of sp³-hybridized carbons (Fsp3) is 0.667. The molecular weight excluding hydrogens is 188 g/mol. The van der Waals surface area contributed by atoms with Gasteiger partial charge in [-0.15, -0.1) is 0 Å². The smallest absolute Gasteiger partial charge is 0.128 e. The highest BCUT2D eigenvalue weighted by Gasteiger charge is 2.02. The van der Waals surface area contributed by atoms with Crippen molar-refractivity contribution in [2.45, 2.75) is 41.0 Å². The number of nitrogens with zero attached hydrogens (tertiary/aromatic N) is 2. The van der Waals surface area contributed by atoms with Gasteiger partial charge in [-0.25, -0.2) is 9.97 Å². The summed E-state index contributed by atoms with van der Waals surface area (Å²) in [4.78, 5) is 8.09. The van der Waals surface area contributed by atoms with Crippen molar-refractivity contribution >= 4 is 0 Å². The monoisotopic (exact) mass is 212 g/mol. The Morgan fingerprint density at radius 1 is 1.13 bits per heavy atom. The van der Waals surface area contributed by atoms with Crippen LogP contribution in [0.25, 0.3) is 0 Å². The summed E-state index contributed by atoms with van der Waals surface area (Å²) in [6.45, 7) is 10.2. The van der Waals surface area contributed by atoms with Gasteiger partial charge >= 0.3 is 0 Å². The van der Waals surface area contributed by atoms with E-state index in [4.69, 9.17) is 5.11 Å². The van der Waals surface area contributed by atoms with Crippen molar-refractivity contribution in [3.63, 3.8) is 0 Å². The zero-order chi connectivity index (χ0) is 12.1. The van der Waals surface area contributed by atoms with E-state index in [1.807, 2.05) is 34.6 Å². The fourth-order valence-corrected chi connectivity index (χ4v) is 0.812. The molecule has 0 saturated heterocycles. The lowest BCUT2D eigenvalue weighted by molar-refractivity contribution is 0.235. The molecule has 88 valence electrons. The quantitative estimate of drug-likeness (QED) is 0.838. The van der Waals surface area contributed by atoms with E-state index in [0.717, 1.165) is 12.2 Å². The largest absolute Gasteiger partial charge is 0.396 e. The molecule has 0 saturated carbocycles. The van der Waals surface area contributed by atoms with Gasteiger partial charge in [0.2, 0.25) is 0 Å². The number of aliphatic hydroxyl groups is 1. The van der Waals surface area contributed by atoms with Crippen LogP contribution in [0.4, 0.5) is 0 Å². The van der Waals surface area contributed by atoms with Gasteiger partial charge in [-0.3, -0.25) is 0 Å². The second kappa shape index (κ2) is 13.0. The second-order valence-electron chi connectivity index (χ2n) is 2.66. The van der Waals surface area contributed by atoms with Crippen molar-refractivity contribution in [3.8, 4) is 0 Å². The number of aliphatic hydroxyl groups excluding tert-OH is 1. The van der Waals surface area contributed by atoms with Gasteiger partial charge in [-0.1, -0.05) is 34.6 Å². The van der Waals surface area contributed by atoms with Crippen LogP contribution in [0.1, 0.15) is 40.4 Å². The minimum atomic E-state index is 0.193. The van der Waals surface area contributed by atoms with Crippen LogP contribution < -0.4 is 0 Å². The zero-order valence-electron chi connectivity index (χ0n) is 10.6. The zero-order valence-corrected chi connectivity index (χ0v) is 10.6. The molecule has 0 aromatic carbocycles. The predicted octanol–water partition coefficient (Wildman–Crippen LogP) is 2.70. The van der Waals surface area contributed by atoms with Crippen LogP contribution in [-0.4, -0.2) is 21.7 Å². The third-order valence-electron chi connectivity index (χ3n) is 1.46. The number of aromatic nitrogens is 2. The van der Waals surface area contributed by atoms with Crippen LogP contribution in [0.3, 0.4) is 0 Å². The topological polar surface area (TPSA) is 46.0 Å². The second-order valence-corrected chi connectivity index (χ2v) is 2.66. The molecule has 0 fully saturated rings. The first-order valence-electron chi connectivity index (χ1n) is 5.69. The molecule has 0 aliphatic heterocycles. The molecule has 0 amide bonds. The van der Waals surface area contributed by atoms with Gasteiger partial charge in [-0.05, 0) is 12.0 Å². The molecule has 1 heterocycles. The molecule has 1 rings (SSSR count). The summed E-state index contributed by atoms with van der Waals surface area (Å²) in [7, 11) is 0. The highest BCUT2D eigenvalue weighted by Crippen LogP contribution is 2.00. The standard InChI is InChI=1S/C8H12N2O.2C2H6/c1-7(6-11)5-8-9-3-2-4-10-8;2*1-2/h2-4,7,11H,5-6H2,1H3;2*1-2H3. The summed E-state index contributed by atoms with van der Waals surface area (Å²) in [5, 5.41) is 8.74. The number of hydrogen-bond acceptors (Lipinski definition) is 3. The van der Waals surface area contributed by atoms with E-state index in [1.54, 1.807) is 18.5 Å². The molecular formula is C12H24N2O. The third-order valence-corrected chi connectivity index (χ3v) is 1.46. The van der Waals surface area contributed by atoms with E-state index in [0.29, 0.717) is 0 Å². The van der Waals surface area contributed by atoms with E-state index < -0.39 is 0 Å². The maximum Gasteiger partial charge on any atom is 0.128 e. The first-order valence-corrected chi connectivity index (χ1v) is 5.69. The Hall–Kier alpha value is -0.960. The van der Waals surface area contributed by atoms with E-state index in [9.17, 15) is 0 Å². The highest BCUT2D eigenvalue weighted by atomic mass is 16.3.